The van der Waals surface area contributed by atoms with E-state index in [2.05, 4.69) is 0 Å². The summed E-state index contributed by atoms with van der Waals surface area (Å²) in [6.07, 6.45) is -0.720. The van der Waals surface area contributed by atoms with Crippen molar-refractivity contribution in [2.24, 2.45) is 5.41 Å². The first-order chi connectivity index (χ1) is 15.7. The second-order valence-electron chi connectivity index (χ2n) is 7.76. The third kappa shape index (κ3) is 5.32. The molecule has 0 radical (unpaired) electrons. The molecule has 0 N–H and O–H groups in total. The number of halogens is 3. The number of carbonyl (C=O) groups excluding carboxylic acids is 3. The molecule has 33 heavy (non-hydrogen) atoms. The molecule has 8 heteroatoms. The van der Waals surface area contributed by atoms with Gasteiger partial charge in [-0.25, -0.2) is 0 Å². The van der Waals surface area contributed by atoms with Crippen LogP contribution in [0.15, 0.2) is 60.7 Å². The molecule has 0 unspecified atom stereocenters. The first-order valence-corrected chi connectivity index (χ1v) is 10.6. The Morgan fingerprint density at radius 2 is 1.76 bits per heavy atom. The Hall–Kier alpha value is -3.42. The lowest BCUT2D eigenvalue weighted by atomic mass is 9.75. The Morgan fingerprint density at radius 3 is 2.36 bits per heavy atom. The molecule has 1 aliphatic rings. The van der Waals surface area contributed by atoms with Crippen molar-refractivity contribution in [3.8, 4) is 0 Å². The average Bonchev–Trinajstić information content (AvgIpc) is 2.80. The number of hydrogen-bond acceptors (Lipinski definition) is 4. The summed E-state index contributed by atoms with van der Waals surface area (Å²) < 4.78 is 43.5. The summed E-state index contributed by atoms with van der Waals surface area (Å²) in [5.74, 6) is -1.82. The van der Waals surface area contributed by atoms with Gasteiger partial charge in [-0.3, -0.25) is 19.3 Å². The monoisotopic (exact) mass is 459 g/mol. The topological polar surface area (TPSA) is 63.7 Å². The number of allylic oxidation sites excluding steroid dienone is 1. The van der Waals surface area contributed by atoms with Crippen molar-refractivity contribution < 1.29 is 32.3 Å². The number of amides is 2. The number of esters is 1. The number of piperidine rings is 1. The van der Waals surface area contributed by atoms with Crippen molar-refractivity contribution >= 4 is 23.9 Å². The molecule has 0 saturated carbocycles. The molecule has 0 bridgehead atoms. The zero-order chi connectivity index (χ0) is 24.1. The molecular weight excluding hydrogens is 435 g/mol. The van der Waals surface area contributed by atoms with Gasteiger partial charge in [-0.15, -0.1) is 0 Å². The summed E-state index contributed by atoms with van der Waals surface area (Å²) in [4.78, 5) is 40.3. The van der Waals surface area contributed by atoms with E-state index in [1.807, 2.05) is 0 Å². The normalized spacial score (nSPS) is 19.0. The minimum atomic E-state index is -4.43. The van der Waals surface area contributed by atoms with E-state index in [1.54, 1.807) is 49.4 Å². The van der Waals surface area contributed by atoms with Crippen molar-refractivity contribution in [2.45, 2.75) is 32.4 Å². The number of alkyl halides is 3. The molecule has 0 aliphatic carbocycles. The van der Waals surface area contributed by atoms with Crippen LogP contribution in [0.25, 0.3) is 6.08 Å². The van der Waals surface area contributed by atoms with Gasteiger partial charge in [-0.05, 0) is 56.0 Å². The van der Waals surface area contributed by atoms with Gasteiger partial charge in [0, 0.05) is 12.1 Å². The second-order valence-corrected chi connectivity index (χ2v) is 7.76. The number of hydrogen-bond donors (Lipinski definition) is 0. The molecule has 174 valence electrons. The quantitative estimate of drug-likeness (QED) is 0.342. The zero-order valence-electron chi connectivity index (χ0n) is 18.1. The van der Waals surface area contributed by atoms with Crippen LogP contribution in [0.2, 0.25) is 0 Å². The predicted molar refractivity (Wildman–Crippen MR) is 116 cm³/mol. The molecule has 1 heterocycles. The van der Waals surface area contributed by atoms with E-state index in [1.165, 1.54) is 12.1 Å². The van der Waals surface area contributed by atoms with Crippen LogP contribution in [0.5, 0.6) is 0 Å². The van der Waals surface area contributed by atoms with Crippen molar-refractivity contribution in [3.63, 3.8) is 0 Å². The Kier molecular flexibility index (Phi) is 7.36. The van der Waals surface area contributed by atoms with Gasteiger partial charge in [0.15, 0.2) is 5.41 Å². The van der Waals surface area contributed by atoms with E-state index in [0.29, 0.717) is 17.5 Å². The van der Waals surface area contributed by atoms with Crippen molar-refractivity contribution in [1.82, 2.24) is 4.90 Å². The molecule has 0 aromatic heterocycles. The summed E-state index contributed by atoms with van der Waals surface area (Å²) in [5.41, 5.74) is -1.50. The van der Waals surface area contributed by atoms with Crippen LogP contribution in [0.3, 0.4) is 0 Å². The van der Waals surface area contributed by atoms with Crippen LogP contribution in [0.4, 0.5) is 13.2 Å². The average molecular weight is 459 g/mol. The minimum absolute atomic E-state index is 0.0374. The number of nitrogens with zero attached hydrogens (tertiary/aromatic N) is 1. The predicted octanol–water partition coefficient (Wildman–Crippen LogP) is 5.12. The Morgan fingerprint density at radius 1 is 1.09 bits per heavy atom. The summed E-state index contributed by atoms with van der Waals surface area (Å²) in [5, 5.41) is 0. The van der Waals surface area contributed by atoms with E-state index in [-0.39, 0.29) is 26.0 Å². The van der Waals surface area contributed by atoms with Gasteiger partial charge in [0.1, 0.15) is 0 Å². The second kappa shape index (κ2) is 10.0. The standard InChI is InChI=1S/C25H24F3NO4/c1-2-33-23(32)24(15-6-8-18-11-13-20(14-12-18)25(26,27)28)16-7-17-29(22(24)31)21(30)19-9-4-3-5-10-19/h3-6,8-14H,2,7,15-17H2,1H3/t24-/m0/s1. The Bertz CT molecular complexity index is 1030. The largest absolute Gasteiger partial charge is 0.465 e. The lowest BCUT2D eigenvalue weighted by Gasteiger charge is -2.38. The van der Waals surface area contributed by atoms with E-state index in [9.17, 15) is 27.6 Å². The Labute approximate surface area is 189 Å². The number of imide groups is 1. The fourth-order valence-corrected chi connectivity index (χ4v) is 3.85. The van der Waals surface area contributed by atoms with Gasteiger partial charge in [0.25, 0.3) is 5.91 Å². The van der Waals surface area contributed by atoms with Gasteiger partial charge in [0.2, 0.25) is 5.91 Å². The lowest BCUT2D eigenvalue weighted by molar-refractivity contribution is -0.166. The molecule has 3 rings (SSSR count). The van der Waals surface area contributed by atoms with Crippen LogP contribution >= 0.6 is 0 Å². The molecule has 2 amide bonds. The number of likely N-dealkylation sites (tertiary alicyclic amines) is 1. The highest BCUT2D eigenvalue weighted by atomic mass is 19.4. The van der Waals surface area contributed by atoms with E-state index in [4.69, 9.17) is 4.74 Å². The molecular formula is C25H24F3NO4. The number of rotatable bonds is 6. The van der Waals surface area contributed by atoms with Crippen LogP contribution < -0.4 is 0 Å². The molecule has 5 nitrogen and oxygen atoms in total. The molecule has 0 spiro atoms. The van der Waals surface area contributed by atoms with Crippen molar-refractivity contribution in [3.05, 3.63) is 77.4 Å². The summed E-state index contributed by atoms with van der Waals surface area (Å²) in [6.45, 7) is 1.89. The third-order valence-corrected chi connectivity index (χ3v) is 5.59. The van der Waals surface area contributed by atoms with Gasteiger partial charge >= 0.3 is 12.1 Å². The highest BCUT2D eigenvalue weighted by molar-refractivity contribution is 6.13. The van der Waals surface area contributed by atoms with E-state index in [0.717, 1.165) is 17.0 Å². The highest BCUT2D eigenvalue weighted by Crippen LogP contribution is 2.38. The zero-order valence-corrected chi connectivity index (χ0v) is 18.1. The maximum absolute atomic E-state index is 13.4. The van der Waals surface area contributed by atoms with E-state index >= 15 is 0 Å². The maximum atomic E-state index is 13.4. The summed E-state index contributed by atoms with van der Waals surface area (Å²) in [6, 6.07) is 12.9. The first kappa shape index (κ1) is 24.2. The van der Waals surface area contributed by atoms with Crippen LogP contribution in [-0.2, 0) is 20.5 Å². The third-order valence-electron chi connectivity index (χ3n) is 5.59. The summed E-state index contributed by atoms with van der Waals surface area (Å²) >= 11 is 0. The molecule has 2 aromatic carbocycles. The molecule has 2 aromatic rings. The van der Waals surface area contributed by atoms with E-state index < -0.39 is 34.9 Å². The fourth-order valence-electron chi connectivity index (χ4n) is 3.85. The van der Waals surface area contributed by atoms with Crippen molar-refractivity contribution in [2.75, 3.05) is 13.2 Å². The molecule has 1 atom stereocenters. The van der Waals surface area contributed by atoms with Gasteiger partial charge in [-0.2, -0.15) is 13.2 Å². The van der Waals surface area contributed by atoms with Crippen LogP contribution in [0.1, 0.15) is 47.7 Å². The SMILES string of the molecule is CCOC(=O)[C@@]1(CC=Cc2ccc(C(F)(F)F)cc2)CCCN(C(=O)c2ccccc2)C1=O. The fraction of sp³-hybridized carbons (Fsp3) is 0.320. The first-order valence-electron chi connectivity index (χ1n) is 10.6. The number of ether oxygens (including phenoxy) is 1. The van der Waals surface area contributed by atoms with Gasteiger partial charge < -0.3 is 4.74 Å². The molecule has 1 saturated heterocycles. The minimum Gasteiger partial charge on any atom is -0.465 e. The Balaban J connectivity index is 1.84. The lowest BCUT2D eigenvalue weighted by Crippen LogP contribution is -2.55. The number of benzene rings is 2. The van der Waals surface area contributed by atoms with Gasteiger partial charge in [0.05, 0.1) is 12.2 Å². The van der Waals surface area contributed by atoms with Crippen molar-refractivity contribution in [1.29, 1.82) is 0 Å². The highest BCUT2D eigenvalue weighted by Gasteiger charge is 2.52. The van der Waals surface area contributed by atoms with Crippen LogP contribution in [0, 0.1) is 5.41 Å². The van der Waals surface area contributed by atoms with Crippen LogP contribution in [-0.4, -0.2) is 35.8 Å². The smallest absolute Gasteiger partial charge is 0.416 e. The molecule has 1 fully saturated rings. The molecule has 1 aliphatic heterocycles. The summed E-state index contributed by atoms with van der Waals surface area (Å²) in [7, 11) is 0. The number of carbonyl (C=O) groups is 3. The maximum Gasteiger partial charge on any atom is 0.416 e. The van der Waals surface area contributed by atoms with Gasteiger partial charge in [-0.1, -0.05) is 42.5 Å².